The van der Waals surface area contributed by atoms with Crippen LogP contribution in [0.1, 0.15) is 0 Å². The molecule has 266 valence electrons. The number of para-hydroxylation sites is 1. The number of fused-ring (bicyclic) bond motifs is 9. The molecular formula is C49H27N5OS2. The highest BCUT2D eigenvalue weighted by Crippen LogP contribution is 2.43. The van der Waals surface area contributed by atoms with Crippen LogP contribution in [0.4, 0.5) is 0 Å². The summed E-state index contributed by atoms with van der Waals surface area (Å²) in [6.07, 6.45) is 0. The van der Waals surface area contributed by atoms with Gasteiger partial charge in [0, 0.05) is 73.5 Å². The molecule has 12 rings (SSSR count). The summed E-state index contributed by atoms with van der Waals surface area (Å²) in [5.74, 6) is 2.54. The summed E-state index contributed by atoms with van der Waals surface area (Å²) in [6.45, 7) is 0. The normalized spacial score (nSPS) is 11.9. The first kappa shape index (κ1) is 32.1. The Morgan fingerprint density at radius 2 is 0.982 bits per heavy atom. The van der Waals surface area contributed by atoms with Crippen molar-refractivity contribution in [2.24, 2.45) is 0 Å². The van der Waals surface area contributed by atoms with E-state index in [0.29, 0.717) is 28.9 Å². The molecule has 0 saturated carbocycles. The summed E-state index contributed by atoms with van der Waals surface area (Å²) in [7, 11) is 0. The number of hydrogen-bond donors (Lipinski definition) is 0. The lowest BCUT2D eigenvalue weighted by Crippen LogP contribution is -2.00. The van der Waals surface area contributed by atoms with Crippen molar-refractivity contribution in [2.45, 2.75) is 0 Å². The smallest absolute Gasteiger partial charge is 0.180 e. The number of hydrogen-bond acceptors (Lipinski definition) is 8. The van der Waals surface area contributed by atoms with Gasteiger partial charge in [-0.05, 0) is 42.5 Å². The van der Waals surface area contributed by atoms with Crippen LogP contribution in [-0.4, -0.2) is 24.9 Å². The fourth-order valence-electron chi connectivity index (χ4n) is 7.87. The van der Waals surface area contributed by atoms with E-state index in [4.69, 9.17) is 29.3 Å². The molecular weight excluding hydrogens is 739 g/mol. The van der Waals surface area contributed by atoms with Crippen LogP contribution in [0.25, 0.3) is 119 Å². The Balaban J connectivity index is 1.08. The monoisotopic (exact) mass is 765 g/mol. The van der Waals surface area contributed by atoms with Gasteiger partial charge in [-0.1, -0.05) is 121 Å². The third kappa shape index (κ3) is 5.26. The predicted molar refractivity (Wildman–Crippen MR) is 236 cm³/mol. The van der Waals surface area contributed by atoms with Crippen molar-refractivity contribution in [3.8, 4) is 56.8 Å². The van der Waals surface area contributed by atoms with E-state index in [9.17, 15) is 0 Å². The molecule has 5 aromatic heterocycles. The topological polar surface area (TPSA) is 77.6 Å². The van der Waals surface area contributed by atoms with Gasteiger partial charge < -0.3 is 4.42 Å². The first-order valence-electron chi connectivity index (χ1n) is 18.7. The zero-order valence-corrected chi connectivity index (χ0v) is 31.7. The molecule has 0 atom stereocenters. The highest BCUT2D eigenvalue weighted by molar-refractivity contribution is 7.26. The number of benzene rings is 7. The predicted octanol–water partition coefficient (Wildman–Crippen LogP) is 13.6. The van der Waals surface area contributed by atoms with E-state index in [1.54, 1.807) is 22.7 Å². The molecule has 0 radical (unpaired) electrons. The van der Waals surface area contributed by atoms with E-state index < -0.39 is 0 Å². The molecule has 5 heterocycles. The second-order valence-electron chi connectivity index (χ2n) is 14.0. The second kappa shape index (κ2) is 12.7. The lowest BCUT2D eigenvalue weighted by molar-refractivity contribution is 0.667. The van der Waals surface area contributed by atoms with Crippen LogP contribution in [0.2, 0.25) is 0 Å². The molecule has 0 spiro atoms. The molecule has 0 unspecified atom stereocenters. The minimum Gasteiger partial charge on any atom is -0.452 e. The van der Waals surface area contributed by atoms with Crippen LogP contribution in [-0.2, 0) is 0 Å². The molecule has 0 N–H and O–H groups in total. The van der Waals surface area contributed by atoms with Crippen LogP contribution in [0.15, 0.2) is 168 Å². The van der Waals surface area contributed by atoms with Gasteiger partial charge in [0.1, 0.15) is 16.8 Å². The van der Waals surface area contributed by atoms with Crippen molar-refractivity contribution < 1.29 is 4.42 Å². The van der Waals surface area contributed by atoms with Gasteiger partial charge in [0.25, 0.3) is 0 Å². The summed E-state index contributed by atoms with van der Waals surface area (Å²) in [5, 5.41) is 5.65. The highest BCUT2D eigenvalue weighted by atomic mass is 32.1. The van der Waals surface area contributed by atoms with Gasteiger partial charge in [-0.2, -0.15) is 0 Å². The number of rotatable bonds is 5. The van der Waals surface area contributed by atoms with E-state index in [1.807, 2.05) is 66.7 Å². The maximum Gasteiger partial charge on any atom is 0.180 e. The maximum atomic E-state index is 6.51. The average molecular weight is 766 g/mol. The zero-order chi connectivity index (χ0) is 37.5. The molecule has 0 aliphatic heterocycles. The Hall–Kier alpha value is -7.13. The molecule has 0 bridgehead atoms. The quantitative estimate of drug-likeness (QED) is 0.174. The van der Waals surface area contributed by atoms with Crippen LogP contribution in [0, 0.1) is 0 Å². The molecule has 57 heavy (non-hydrogen) atoms. The van der Waals surface area contributed by atoms with Gasteiger partial charge in [-0.15, -0.1) is 22.7 Å². The number of nitrogens with zero attached hydrogens (tertiary/aromatic N) is 5. The van der Waals surface area contributed by atoms with Gasteiger partial charge in [0.15, 0.2) is 28.9 Å². The van der Waals surface area contributed by atoms with E-state index in [-0.39, 0.29) is 0 Å². The van der Waals surface area contributed by atoms with E-state index in [2.05, 4.69) is 97.1 Å². The van der Waals surface area contributed by atoms with Crippen molar-refractivity contribution in [1.29, 1.82) is 0 Å². The summed E-state index contributed by atoms with van der Waals surface area (Å²) in [4.78, 5) is 25.7. The fraction of sp³-hybridized carbons (Fsp3) is 0. The Labute approximate surface area is 333 Å². The lowest BCUT2D eigenvalue weighted by atomic mass is 10.0. The largest absolute Gasteiger partial charge is 0.452 e. The SMILES string of the molecule is c1ccc(-c2nc(-c3ccc4c(c3)sc3ccccc34)nc(-c3cccc4sc5ccc(-c6nc(-c7ccccc7)nc7c6oc6ccccc67)cc5c34)n2)cc1. The van der Waals surface area contributed by atoms with Gasteiger partial charge in [-0.3, -0.25) is 0 Å². The van der Waals surface area contributed by atoms with Crippen molar-refractivity contribution >= 4 is 85.1 Å². The van der Waals surface area contributed by atoms with Crippen LogP contribution < -0.4 is 0 Å². The van der Waals surface area contributed by atoms with Crippen LogP contribution >= 0.6 is 22.7 Å². The van der Waals surface area contributed by atoms with Crippen molar-refractivity contribution in [1.82, 2.24) is 24.9 Å². The molecule has 0 amide bonds. The van der Waals surface area contributed by atoms with Gasteiger partial charge in [-0.25, -0.2) is 24.9 Å². The van der Waals surface area contributed by atoms with Crippen LogP contribution in [0.3, 0.4) is 0 Å². The summed E-state index contributed by atoms with van der Waals surface area (Å²) in [6, 6.07) is 56.4. The summed E-state index contributed by atoms with van der Waals surface area (Å²) >= 11 is 3.55. The Bertz CT molecular complexity index is 3540. The zero-order valence-electron chi connectivity index (χ0n) is 30.0. The first-order valence-corrected chi connectivity index (χ1v) is 20.3. The average Bonchev–Trinajstić information content (AvgIpc) is 3.97. The van der Waals surface area contributed by atoms with Crippen molar-refractivity contribution in [3.63, 3.8) is 0 Å². The minimum absolute atomic E-state index is 0.624. The van der Waals surface area contributed by atoms with Gasteiger partial charge >= 0.3 is 0 Å². The standard InChI is InChI=1S/C49H27N5OS2/c1-3-12-28(13-4-1)46-50-43(45-44(51-46)34-17-7-9-19-37(34)55-45)30-23-25-39-36(26-30)42-35(18-11-21-40(42)56-39)49-53-47(29-14-5-2-6-15-29)52-48(54-49)31-22-24-33-32-16-8-10-20-38(32)57-41(33)27-31/h1-27H. The molecule has 0 saturated heterocycles. The molecule has 0 aliphatic carbocycles. The maximum absolute atomic E-state index is 6.51. The summed E-state index contributed by atoms with van der Waals surface area (Å²) < 4.78 is 11.3. The second-order valence-corrected chi connectivity index (χ2v) is 16.2. The molecule has 6 nitrogen and oxygen atoms in total. The molecule has 8 heteroatoms. The molecule has 12 aromatic rings. The minimum atomic E-state index is 0.624. The molecule has 0 aliphatic rings. The number of furan rings is 1. The third-order valence-electron chi connectivity index (χ3n) is 10.6. The van der Waals surface area contributed by atoms with Crippen LogP contribution in [0.5, 0.6) is 0 Å². The van der Waals surface area contributed by atoms with Crippen molar-refractivity contribution in [3.05, 3.63) is 164 Å². The number of aromatic nitrogens is 5. The molecule has 0 fully saturated rings. The third-order valence-corrected chi connectivity index (χ3v) is 12.8. The van der Waals surface area contributed by atoms with E-state index in [1.165, 1.54) is 20.2 Å². The Morgan fingerprint density at radius 1 is 0.368 bits per heavy atom. The summed E-state index contributed by atoms with van der Waals surface area (Å²) in [5.41, 5.74) is 7.71. The van der Waals surface area contributed by atoms with E-state index >= 15 is 0 Å². The molecule has 7 aromatic carbocycles. The Morgan fingerprint density at radius 3 is 1.81 bits per heavy atom. The number of thiophene rings is 2. The van der Waals surface area contributed by atoms with Crippen molar-refractivity contribution in [2.75, 3.05) is 0 Å². The van der Waals surface area contributed by atoms with E-state index in [0.717, 1.165) is 70.2 Å². The first-order chi connectivity index (χ1) is 28.2. The lowest BCUT2D eigenvalue weighted by Gasteiger charge is -2.10. The highest BCUT2D eigenvalue weighted by Gasteiger charge is 2.21. The Kier molecular flexibility index (Phi) is 7.17. The fourth-order valence-corrected chi connectivity index (χ4v) is 10.1. The van der Waals surface area contributed by atoms with Gasteiger partial charge in [0.05, 0.1) is 0 Å². The van der Waals surface area contributed by atoms with Gasteiger partial charge in [0.2, 0.25) is 0 Å².